The smallest absolute Gasteiger partial charge is 0.337 e. The van der Waals surface area contributed by atoms with Gasteiger partial charge >= 0.3 is 5.97 Å². The topological polar surface area (TPSA) is 142 Å². The number of halogens is 1. The van der Waals surface area contributed by atoms with E-state index < -0.39 is 33.8 Å². The molecule has 4 rings (SSSR count). The lowest BCUT2D eigenvalue weighted by molar-refractivity contribution is -0.122. The zero-order valence-corrected chi connectivity index (χ0v) is 21.7. The number of pyridine rings is 1. The van der Waals surface area contributed by atoms with Gasteiger partial charge in [0.05, 0.1) is 30.7 Å². The van der Waals surface area contributed by atoms with E-state index >= 15 is 0 Å². The van der Waals surface area contributed by atoms with Crippen molar-refractivity contribution >= 4 is 54.5 Å². The summed E-state index contributed by atoms with van der Waals surface area (Å²) in [6, 6.07) is 8.76. The predicted molar refractivity (Wildman–Crippen MR) is 136 cm³/mol. The molecule has 0 bridgehead atoms. The average molecular weight is 575 g/mol. The minimum absolute atomic E-state index is 0.0153. The molecule has 36 heavy (non-hydrogen) atoms. The largest absolute Gasteiger partial charge is 0.465 e. The van der Waals surface area contributed by atoms with Gasteiger partial charge in [-0.3, -0.25) is 9.59 Å². The standard InChI is InChI=1S/C24H23BrN4O6S/c1-35-24(32)15-8-9-19-17(11-15)18(23(26)31)13-28(19)14-36(33,34)29-10-3-2-6-20(29)21(30)12-16-5-4-7-22(25)27-16/h2-5,7-9,11,13,20H,6,10,12,14H2,1H3,(H2,26,31). The molecule has 0 saturated heterocycles. The summed E-state index contributed by atoms with van der Waals surface area (Å²) < 4.78 is 34.9. The maximum atomic E-state index is 13.5. The summed E-state index contributed by atoms with van der Waals surface area (Å²) >= 11 is 3.28. The Hall–Kier alpha value is -3.35. The maximum absolute atomic E-state index is 13.5. The zero-order chi connectivity index (χ0) is 26.0. The molecule has 2 aromatic heterocycles. The van der Waals surface area contributed by atoms with E-state index in [9.17, 15) is 22.8 Å². The first kappa shape index (κ1) is 25.7. The molecule has 3 aromatic rings. The number of primary amides is 1. The molecule has 1 atom stereocenters. The highest BCUT2D eigenvalue weighted by Crippen LogP contribution is 2.26. The monoisotopic (exact) mass is 574 g/mol. The van der Waals surface area contributed by atoms with Crippen LogP contribution in [0.15, 0.2) is 59.4 Å². The molecule has 1 amide bonds. The van der Waals surface area contributed by atoms with E-state index in [1.807, 2.05) is 0 Å². The van der Waals surface area contributed by atoms with Crippen molar-refractivity contribution in [3.63, 3.8) is 0 Å². The summed E-state index contributed by atoms with van der Waals surface area (Å²) in [5.74, 6) is -2.17. The molecule has 0 aliphatic carbocycles. The van der Waals surface area contributed by atoms with Crippen molar-refractivity contribution in [2.45, 2.75) is 24.8 Å². The normalized spacial score (nSPS) is 16.2. The molecule has 2 N–H and O–H groups in total. The van der Waals surface area contributed by atoms with Gasteiger partial charge in [0.2, 0.25) is 10.0 Å². The number of ketones is 1. The fraction of sp³-hybridized carbons (Fsp3) is 0.250. The van der Waals surface area contributed by atoms with E-state index in [0.29, 0.717) is 21.2 Å². The van der Waals surface area contributed by atoms with Gasteiger partial charge in [0.15, 0.2) is 5.78 Å². The number of benzene rings is 1. The number of carbonyl (C=O) groups excluding carboxylic acids is 3. The van der Waals surface area contributed by atoms with Crippen molar-refractivity contribution in [3.8, 4) is 0 Å². The number of sulfonamides is 1. The Labute approximate surface area is 215 Å². The fourth-order valence-corrected chi connectivity index (χ4v) is 6.19. The van der Waals surface area contributed by atoms with Crippen LogP contribution in [0.1, 0.15) is 32.8 Å². The molecule has 0 fully saturated rings. The Balaban J connectivity index is 1.65. The second-order valence-corrected chi connectivity index (χ2v) is 10.9. The van der Waals surface area contributed by atoms with Crippen molar-refractivity contribution in [1.82, 2.24) is 13.9 Å². The number of ether oxygens (including phenoxy) is 1. The minimum Gasteiger partial charge on any atom is -0.465 e. The molecule has 1 unspecified atom stereocenters. The number of aromatic nitrogens is 2. The van der Waals surface area contributed by atoms with E-state index in [-0.39, 0.29) is 36.3 Å². The summed E-state index contributed by atoms with van der Waals surface area (Å²) in [6.45, 7) is 0.0407. The van der Waals surface area contributed by atoms with Gasteiger partial charge in [-0.1, -0.05) is 18.2 Å². The SMILES string of the molecule is COC(=O)c1ccc2c(c1)c(C(N)=O)cn2CS(=O)(=O)N1CC=CCC1C(=O)Cc1cccc(Br)n1. The second-order valence-electron chi connectivity index (χ2n) is 8.23. The van der Waals surface area contributed by atoms with Crippen LogP contribution in [-0.4, -0.2) is 59.6 Å². The average Bonchev–Trinajstić information content (AvgIpc) is 3.20. The number of methoxy groups -OCH3 is 1. The van der Waals surface area contributed by atoms with E-state index in [2.05, 4.69) is 20.9 Å². The third-order valence-corrected chi connectivity index (χ3v) is 8.05. The number of fused-ring (bicyclic) bond motifs is 1. The lowest BCUT2D eigenvalue weighted by Gasteiger charge is -2.31. The highest BCUT2D eigenvalue weighted by Gasteiger charge is 2.35. The molecule has 0 radical (unpaired) electrons. The summed E-state index contributed by atoms with van der Waals surface area (Å²) in [6.07, 6.45) is 5.05. The lowest BCUT2D eigenvalue weighted by Crippen LogP contribution is -2.48. The predicted octanol–water partition coefficient (Wildman–Crippen LogP) is 2.41. The number of carbonyl (C=O) groups is 3. The molecule has 10 nitrogen and oxygen atoms in total. The van der Waals surface area contributed by atoms with E-state index in [4.69, 9.17) is 10.5 Å². The summed E-state index contributed by atoms with van der Waals surface area (Å²) in [5, 5.41) is 0.326. The van der Waals surface area contributed by atoms with Gasteiger partial charge in [-0.05, 0) is 52.7 Å². The van der Waals surface area contributed by atoms with Gasteiger partial charge in [0, 0.05) is 29.3 Å². The molecular formula is C24H23BrN4O6S. The van der Waals surface area contributed by atoms with E-state index in [1.54, 1.807) is 30.4 Å². The maximum Gasteiger partial charge on any atom is 0.337 e. The number of Topliss-reactive ketones (excluding diaryl/α,β-unsaturated/α-hetero) is 1. The van der Waals surface area contributed by atoms with Gasteiger partial charge in [-0.15, -0.1) is 0 Å². The number of rotatable bonds is 8. The fourth-order valence-electron chi connectivity index (χ4n) is 4.19. The third kappa shape index (κ3) is 5.25. The van der Waals surface area contributed by atoms with Crippen LogP contribution in [-0.2, 0) is 31.9 Å². The number of hydrogen-bond donors (Lipinski definition) is 1. The zero-order valence-electron chi connectivity index (χ0n) is 19.3. The summed E-state index contributed by atoms with van der Waals surface area (Å²) in [5.41, 5.74) is 6.71. The summed E-state index contributed by atoms with van der Waals surface area (Å²) in [4.78, 5) is 41.4. The number of hydrogen-bond acceptors (Lipinski definition) is 7. The molecule has 188 valence electrons. The first-order chi connectivity index (χ1) is 17.1. The molecule has 1 aliphatic heterocycles. The summed E-state index contributed by atoms with van der Waals surface area (Å²) in [7, 11) is -2.78. The number of nitrogens with two attached hydrogens (primary N) is 1. The molecule has 3 heterocycles. The second kappa shape index (κ2) is 10.3. The van der Waals surface area contributed by atoms with Crippen molar-refractivity contribution in [1.29, 1.82) is 0 Å². The van der Waals surface area contributed by atoms with Gasteiger partial charge in [-0.25, -0.2) is 18.2 Å². The Morgan fingerprint density at radius 2 is 1.97 bits per heavy atom. The first-order valence-corrected chi connectivity index (χ1v) is 13.3. The van der Waals surface area contributed by atoms with Crippen molar-refractivity contribution in [3.05, 3.63) is 76.2 Å². The quantitative estimate of drug-likeness (QED) is 0.247. The van der Waals surface area contributed by atoms with Crippen molar-refractivity contribution in [2.24, 2.45) is 5.73 Å². The van der Waals surface area contributed by atoms with Crippen LogP contribution in [0.3, 0.4) is 0 Å². The highest BCUT2D eigenvalue weighted by molar-refractivity contribution is 9.10. The Kier molecular flexibility index (Phi) is 7.38. The molecule has 1 aromatic carbocycles. The Bertz CT molecular complexity index is 1500. The van der Waals surface area contributed by atoms with Crippen LogP contribution < -0.4 is 5.73 Å². The van der Waals surface area contributed by atoms with Crippen LogP contribution in [0, 0.1) is 0 Å². The van der Waals surface area contributed by atoms with Crippen molar-refractivity contribution < 1.29 is 27.5 Å². The Morgan fingerprint density at radius 3 is 2.67 bits per heavy atom. The molecule has 12 heteroatoms. The van der Waals surface area contributed by atoms with Crippen LogP contribution in [0.25, 0.3) is 10.9 Å². The van der Waals surface area contributed by atoms with Gasteiger partial charge in [-0.2, -0.15) is 4.31 Å². The number of nitrogens with zero attached hydrogens (tertiary/aromatic N) is 3. The number of amides is 1. The van der Waals surface area contributed by atoms with Gasteiger partial charge in [0.1, 0.15) is 10.5 Å². The molecule has 0 spiro atoms. The first-order valence-electron chi connectivity index (χ1n) is 10.9. The minimum atomic E-state index is -4.02. The highest BCUT2D eigenvalue weighted by atomic mass is 79.9. The van der Waals surface area contributed by atoms with Gasteiger partial charge < -0.3 is 15.0 Å². The van der Waals surface area contributed by atoms with E-state index in [1.165, 1.54) is 40.4 Å². The van der Waals surface area contributed by atoms with Crippen LogP contribution in [0.5, 0.6) is 0 Å². The van der Waals surface area contributed by atoms with Gasteiger partial charge in [0.25, 0.3) is 5.91 Å². The molecule has 0 saturated carbocycles. The molecular weight excluding hydrogens is 552 g/mol. The van der Waals surface area contributed by atoms with Crippen LogP contribution >= 0.6 is 15.9 Å². The van der Waals surface area contributed by atoms with Crippen LogP contribution in [0.4, 0.5) is 0 Å². The van der Waals surface area contributed by atoms with E-state index in [0.717, 1.165) is 0 Å². The third-order valence-electron chi connectivity index (χ3n) is 5.89. The molecule has 1 aliphatic rings. The van der Waals surface area contributed by atoms with Crippen molar-refractivity contribution in [2.75, 3.05) is 13.7 Å². The Morgan fingerprint density at radius 1 is 1.19 bits per heavy atom. The van der Waals surface area contributed by atoms with Crippen LogP contribution in [0.2, 0.25) is 0 Å². The lowest BCUT2D eigenvalue weighted by atomic mass is 10.0. The number of esters is 1.